The maximum absolute atomic E-state index is 9.81. The van der Waals surface area contributed by atoms with Crippen molar-refractivity contribution in [3.63, 3.8) is 0 Å². The molecular weight excluding hydrogens is 192 g/mol. The van der Waals surface area contributed by atoms with Crippen LogP contribution >= 0.6 is 0 Å². The first kappa shape index (κ1) is 9.98. The van der Waals surface area contributed by atoms with Gasteiger partial charge in [-0.3, -0.25) is 4.68 Å². The Morgan fingerprint density at radius 1 is 1.53 bits per heavy atom. The van der Waals surface area contributed by atoms with Crippen molar-refractivity contribution in [2.75, 3.05) is 0 Å². The summed E-state index contributed by atoms with van der Waals surface area (Å²) in [5, 5.41) is 13.9. The van der Waals surface area contributed by atoms with E-state index in [0.29, 0.717) is 6.42 Å². The van der Waals surface area contributed by atoms with E-state index >= 15 is 0 Å². The second-order valence-corrected chi connectivity index (χ2v) is 3.56. The smallest absolute Gasteiger partial charge is 0.0960 e. The Labute approximate surface area is 88.1 Å². The highest BCUT2D eigenvalue weighted by Crippen LogP contribution is 2.18. The van der Waals surface area contributed by atoms with Gasteiger partial charge in [0.15, 0.2) is 0 Å². The molecule has 2 heterocycles. The average molecular weight is 206 g/mol. The molecule has 4 nitrogen and oxygen atoms in total. The van der Waals surface area contributed by atoms with Gasteiger partial charge in [-0.2, -0.15) is 5.10 Å². The number of aryl methyl sites for hydroxylation is 2. The number of aliphatic hydroxyl groups excluding tert-OH is 1. The van der Waals surface area contributed by atoms with Gasteiger partial charge in [0, 0.05) is 24.5 Å². The maximum Gasteiger partial charge on any atom is 0.0960 e. The number of nitrogens with zero attached hydrogens (tertiary/aromatic N) is 2. The van der Waals surface area contributed by atoms with Crippen molar-refractivity contribution in [1.29, 1.82) is 0 Å². The fraction of sp³-hybridized carbons (Fsp3) is 0.364. The van der Waals surface area contributed by atoms with Gasteiger partial charge in [0.2, 0.25) is 0 Å². The quantitative estimate of drug-likeness (QED) is 0.828. The van der Waals surface area contributed by atoms with Crippen LogP contribution < -0.4 is 0 Å². The second kappa shape index (κ2) is 4.31. The number of aromatic nitrogens is 2. The molecule has 0 amide bonds. The Hall–Kier alpha value is -1.55. The maximum atomic E-state index is 9.81. The van der Waals surface area contributed by atoms with Crippen molar-refractivity contribution < 1.29 is 9.52 Å². The van der Waals surface area contributed by atoms with Crippen LogP contribution in [0.25, 0.3) is 0 Å². The fourth-order valence-electron chi connectivity index (χ4n) is 1.56. The van der Waals surface area contributed by atoms with Gasteiger partial charge in [-0.25, -0.2) is 0 Å². The average Bonchev–Trinajstić information content (AvgIpc) is 2.85. The van der Waals surface area contributed by atoms with Crippen LogP contribution in [0, 0.1) is 0 Å². The van der Waals surface area contributed by atoms with Gasteiger partial charge in [0.1, 0.15) is 0 Å². The molecule has 0 aromatic carbocycles. The van der Waals surface area contributed by atoms with Gasteiger partial charge in [0.25, 0.3) is 0 Å². The minimum atomic E-state index is -0.460. The molecule has 2 rings (SSSR count). The van der Waals surface area contributed by atoms with E-state index in [1.54, 1.807) is 24.8 Å². The van der Waals surface area contributed by atoms with Crippen molar-refractivity contribution in [2.45, 2.75) is 18.9 Å². The Balaban J connectivity index is 1.91. The van der Waals surface area contributed by atoms with Crippen molar-refractivity contribution in [1.82, 2.24) is 9.78 Å². The molecular formula is C11H14N2O2. The Kier molecular flexibility index (Phi) is 2.87. The molecule has 15 heavy (non-hydrogen) atoms. The molecule has 0 radical (unpaired) electrons. The highest BCUT2D eigenvalue weighted by molar-refractivity contribution is 5.10. The van der Waals surface area contributed by atoms with Crippen LogP contribution in [0.15, 0.2) is 35.3 Å². The lowest BCUT2D eigenvalue weighted by Crippen LogP contribution is -2.02. The van der Waals surface area contributed by atoms with Crippen LogP contribution in [0.2, 0.25) is 0 Å². The van der Waals surface area contributed by atoms with Crippen LogP contribution in [0.1, 0.15) is 23.8 Å². The lowest BCUT2D eigenvalue weighted by Gasteiger charge is -2.07. The van der Waals surface area contributed by atoms with E-state index in [2.05, 4.69) is 5.10 Å². The molecule has 0 saturated carbocycles. The van der Waals surface area contributed by atoms with Gasteiger partial charge in [-0.05, 0) is 25.0 Å². The molecule has 1 atom stereocenters. The van der Waals surface area contributed by atoms with Gasteiger partial charge < -0.3 is 9.52 Å². The van der Waals surface area contributed by atoms with E-state index in [1.165, 1.54) is 0 Å². The van der Waals surface area contributed by atoms with E-state index in [1.807, 2.05) is 17.8 Å². The third-order valence-corrected chi connectivity index (χ3v) is 2.52. The van der Waals surface area contributed by atoms with Crippen LogP contribution in [-0.2, 0) is 13.5 Å². The molecule has 80 valence electrons. The molecule has 2 aromatic rings. The van der Waals surface area contributed by atoms with Gasteiger partial charge in [0.05, 0.1) is 18.6 Å². The van der Waals surface area contributed by atoms with Crippen molar-refractivity contribution in [3.8, 4) is 0 Å². The molecule has 4 heteroatoms. The summed E-state index contributed by atoms with van der Waals surface area (Å²) < 4.78 is 6.74. The molecule has 0 spiro atoms. The summed E-state index contributed by atoms with van der Waals surface area (Å²) in [5.74, 6) is 0. The monoisotopic (exact) mass is 206 g/mol. The first-order valence-electron chi connectivity index (χ1n) is 4.94. The zero-order chi connectivity index (χ0) is 10.7. The first-order valence-corrected chi connectivity index (χ1v) is 4.94. The Bertz CT molecular complexity index is 406. The van der Waals surface area contributed by atoms with Crippen molar-refractivity contribution in [3.05, 3.63) is 42.1 Å². The van der Waals surface area contributed by atoms with Gasteiger partial charge >= 0.3 is 0 Å². The normalized spacial score (nSPS) is 12.9. The third kappa shape index (κ3) is 2.27. The zero-order valence-electron chi connectivity index (χ0n) is 8.63. The summed E-state index contributed by atoms with van der Waals surface area (Å²) in [6.45, 7) is 0. The first-order chi connectivity index (χ1) is 7.27. The zero-order valence-corrected chi connectivity index (χ0v) is 8.63. The topological polar surface area (TPSA) is 51.2 Å². The van der Waals surface area contributed by atoms with Crippen molar-refractivity contribution in [2.24, 2.45) is 7.05 Å². The summed E-state index contributed by atoms with van der Waals surface area (Å²) in [6.07, 6.45) is 5.94. The van der Waals surface area contributed by atoms with Crippen LogP contribution in [0.5, 0.6) is 0 Å². The summed E-state index contributed by atoms with van der Waals surface area (Å²) in [5.41, 5.74) is 1.95. The van der Waals surface area contributed by atoms with Gasteiger partial charge in [-0.15, -0.1) is 0 Å². The number of aliphatic hydroxyl groups is 1. The van der Waals surface area contributed by atoms with E-state index in [9.17, 15) is 5.11 Å². The molecule has 0 aliphatic heterocycles. The number of furan rings is 1. The molecule has 1 N–H and O–H groups in total. The van der Waals surface area contributed by atoms with Crippen LogP contribution in [-0.4, -0.2) is 14.9 Å². The van der Waals surface area contributed by atoms with Crippen molar-refractivity contribution >= 4 is 0 Å². The summed E-state index contributed by atoms with van der Waals surface area (Å²) >= 11 is 0. The lowest BCUT2D eigenvalue weighted by atomic mass is 10.1. The highest BCUT2D eigenvalue weighted by Gasteiger charge is 2.09. The molecule has 0 fully saturated rings. The molecule has 2 aromatic heterocycles. The van der Waals surface area contributed by atoms with E-state index in [0.717, 1.165) is 17.7 Å². The summed E-state index contributed by atoms with van der Waals surface area (Å²) in [7, 11) is 1.90. The Morgan fingerprint density at radius 2 is 2.40 bits per heavy atom. The largest absolute Gasteiger partial charge is 0.472 e. The highest BCUT2D eigenvalue weighted by atomic mass is 16.3. The number of hydrogen-bond acceptors (Lipinski definition) is 3. The predicted octanol–water partition coefficient (Wildman–Crippen LogP) is 1.68. The summed E-state index contributed by atoms with van der Waals surface area (Å²) in [4.78, 5) is 0. The third-order valence-electron chi connectivity index (χ3n) is 2.52. The van der Waals surface area contributed by atoms with Gasteiger partial charge in [-0.1, -0.05) is 0 Å². The Morgan fingerprint density at radius 3 is 3.00 bits per heavy atom. The molecule has 0 aliphatic rings. The minimum Gasteiger partial charge on any atom is -0.472 e. The van der Waals surface area contributed by atoms with E-state index in [4.69, 9.17) is 4.42 Å². The lowest BCUT2D eigenvalue weighted by molar-refractivity contribution is 0.166. The molecule has 1 unspecified atom stereocenters. The fourth-order valence-corrected chi connectivity index (χ4v) is 1.56. The van der Waals surface area contributed by atoms with Crippen LogP contribution in [0.4, 0.5) is 0 Å². The summed E-state index contributed by atoms with van der Waals surface area (Å²) in [6, 6.07) is 3.75. The minimum absolute atomic E-state index is 0.460. The predicted molar refractivity (Wildman–Crippen MR) is 55.2 cm³/mol. The number of hydrogen-bond donors (Lipinski definition) is 1. The molecule has 0 bridgehead atoms. The number of rotatable bonds is 4. The van der Waals surface area contributed by atoms with E-state index in [-0.39, 0.29) is 0 Å². The molecule has 0 saturated heterocycles. The van der Waals surface area contributed by atoms with Crippen LogP contribution in [0.3, 0.4) is 0 Å². The van der Waals surface area contributed by atoms with E-state index < -0.39 is 6.10 Å². The molecule has 0 aliphatic carbocycles. The SMILES string of the molecule is Cn1nccc1CCC(O)c1ccoc1. The second-order valence-electron chi connectivity index (χ2n) is 3.56. The standard InChI is InChI=1S/C11H14N2O2/c1-13-10(4-6-12-13)2-3-11(14)9-5-7-15-8-9/h4-8,11,14H,2-3H2,1H3.